The van der Waals surface area contributed by atoms with Crippen LogP contribution in [0.25, 0.3) is 0 Å². The summed E-state index contributed by atoms with van der Waals surface area (Å²) in [6.07, 6.45) is 1.15. The summed E-state index contributed by atoms with van der Waals surface area (Å²) in [6.45, 7) is 3.45. The minimum atomic E-state index is -0.266. The van der Waals surface area contributed by atoms with Crippen LogP contribution in [-0.2, 0) is 9.53 Å². The van der Waals surface area contributed by atoms with Gasteiger partial charge < -0.3 is 10.1 Å². The summed E-state index contributed by atoms with van der Waals surface area (Å²) in [5.74, 6) is 10.3. The molecule has 0 aliphatic carbocycles. The monoisotopic (exact) mass is 175 g/mol. The zero-order chi connectivity index (χ0) is 9.68. The van der Waals surface area contributed by atoms with E-state index in [-0.39, 0.29) is 17.9 Å². The lowest BCUT2D eigenvalue weighted by Gasteiger charge is -1.98. The maximum absolute atomic E-state index is 11.0. The molecule has 1 saturated heterocycles. The average Bonchev–Trinajstić information content (AvgIpc) is 2.39. The molecule has 3 heteroatoms. The molecule has 0 spiro atoms. The van der Waals surface area contributed by atoms with Gasteiger partial charge in [0.2, 0.25) is 0 Å². The number of hydrogen-bond acceptors (Lipinski definition) is 2. The maximum atomic E-state index is 11.0. The van der Waals surface area contributed by atoms with Crippen LogP contribution < -0.4 is 5.32 Å². The van der Waals surface area contributed by atoms with Crippen molar-refractivity contribution in [2.45, 2.75) is 20.1 Å². The molecule has 0 aromatic carbocycles. The van der Waals surface area contributed by atoms with Crippen LogP contribution in [-0.4, -0.2) is 12.1 Å². The summed E-state index contributed by atoms with van der Waals surface area (Å²) in [7, 11) is 0. The zero-order valence-corrected chi connectivity index (χ0v) is 7.47. The SMILES string of the molecule is CC#CC#C/C=C1\OC(C)NC1=O. The van der Waals surface area contributed by atoms with Crippen LogP contribution in [0.15, 0.2) is 11.8 Å². The third-order valence-electron chi connectivity index (χ3n) is 1.32. The fourth-order valence-electron chi connectivity index (χ4n) is 0.829. The summed E-state index contributed by atoms with van der Waals surface area (Å²) in [5, 5.41) is 2.57. The summed E-state index contributed by atoms with van der Waals surface area (Å²) < 4.78 is 5.10. The van der Waals surface area contributed by atoms with Crippen molar-refractivity contribution in [1.29, 1.82) is 0 Å². The van der Waals surface area contributed by atoms with Crippen molar-refractivity contribution in [3.63, 3.8) is 0 Å². The highest BCUT2D eigenvalue weighted by Gasteiger charge is 2.23. The van der Waals surface area contributed by atoms with Gasteiger partial charge in [-0.3, -0.25) is 4.79 Å². The molecule has 1 aliphatic heterocycles. The fourth-order valence-corrected chi connectivity index (χ4v) is 0.829. The maximum Gasteiger partial charge on any atom is 0.289 e. The number of amides is 1. The second-order valence-electron chi connectivity index (χ2n) is 2.39. The molecule has 66 valence electrons. The second-order valence-corrected chi connectivity index (χ2v) is 2.39. The number of nitrogens with one attached hydrogen (secondary N) is 1. The highest BCUT2D eigenvalue weighted by Crippen LogP contribution is 2.08. The molecule has 0 aromatic rings. The molecular weight excluding hydrogens is 166 g/mol. The van der Waals surface area contributed by atoms with Gasteiger partial charge in [-0.2, -0.15) is 0 Å². The van der Waals surface area contributed by atoms with Gasteiger partial charge in [-0.1, -0.05) is 11.8 Å². The van der Waals surface area contributed by atoms with Crippen LogP contribution in [0.2, 0.25) is 0 Å². The molecule has 13 heavy (non-hydrogen) atoms. The minimum absolute atomic E-state index is 0.230. The highest BCUT2D eigenvalue weighted by atomic mass is 16.5. The van der Waals surface area contributed by atoms with Crippen LogP contribution in [0.1, 0.15) is 13.8 Å². The minimum Gasteiger partial charge on any atom is -0.464 e. The van der Waals surface area contributed by atoms with E-state index in [1.54, 1.807) is 13.8 Å². The molecule has 1 heterocycles. The summed E-state index contributed by atoms with van der Waals surface area (Å²) in [6, 6.07) is 0. The van der Waals surface area contributed by atoms with Gasteiger partial charge in [0, 0.05) is 6.08 Å². The number of allylic oxidation sites excluding steroid dienone is 1. The first kappa shape index (κ1) is 9.22. The van der Waals surface area contributed by atoms with Crippen LogP contribution in [0, 0.1) is 23.7 Å². The fraction of sp³-hybridized carbons (Fsp3) is 0.300. The summed E-state index contributed by atoms with van der Waals surface area (Å²) in [5.41, 5.74) is 0. The number of hydrogen-bond donors (Lipinski definition) is 1. The molecule has 1 fully saturated rings. The van der Waals surface area contributed by atoms with Crippen molar-refractivity contribution in [2.24, 2.45) is 0 Å². The summed E-state index contributed by atoms with van der Waals surface area (Å²) >= 11 is 0. The Morgan fingerprint density at radius 3 is 2.85 bits per heavy atom. The Kier molecular flexibility index (Phi) is 3.00. The number of ether oxygens (including phenoxy) is 1. The second kappa shape index (κ2) is 4.23. The van der Waals surface area contributed by atoms with Gasteiger partial charge in [0.25, 0.3) is 5.91 Å². The van der Waals surface area contributed by atoms with Crippen molar-refractivity contribution in [2.75, 3.05) is 0 Å². The van der Waals surface area contributed by atoms with E-state index in [9.17, 15) is 4.79 Å². The number of carbonyl (C=O) groups excluding carboxylic acids is 1. The molecule has 0 aromatic heterocycles. The van der Waals surface area contributed by atoms with E-state index in [0.717, 1.165) is 0 Å². The van der Waals surface area contributed by atoms with E-state index < -0.39 is 0 Å². The van der Waals surface area contributed by atoms with Gasteiger partial charge in [0.15, 0.2) is 12.0 Å². The Hall–Kier alpha value is -1.87. The van der Waals surface area contributed by atoms with E-state index in [4.69, 9.17) is 4.74 Å². The molecule has 1 N–H and O–H groups in total. The zero-order valence-electron chi connectivity index (χ0n) is 7.47. The van der Waals surface area contributed by atoms with Gasteiger partial charge >= 0.3 is 0 Å². The molecule has 1 amide bonds. The van der Waals surface area contributed by atoms with Crippen LogP contribution in [0.3, 0.4) is 0 Å². The Labute approximate surface area is 77.2 Å². The van der Waals surface area contributed by atoms with Crippen molar-refractivity contribution in [3.05, 3.63) is 11.8 Å². The van der Waals surface area contributed by atoms with E-state index in [0.29, 0.717) is 0 Å². The first-order valence-electron chi connectivity index (χ1n) is 3.84. The lowest BCUT2D eigenvalue weighted by atomic mass is 10.4. The highest BCUT2D eigenvalue weighted by molar-refractivity contribution is 5.93. The van der Waals surface area contributed by atoms with E-state index in [1.807, 2.05) is 0 Å². The topological polar surface area (TPSA) is 38.3 Å². The van der Waals surface area contributed by atoms with Gasteiger partial charge in [-0.15, -0.1) is 0 Å². The third-order valence-corrected chi connectivity index (χ3v) is 1.32. The van der Waals surface area contributed by atoms with Crippen molar-refractivity contribution in [1.82, 2.24) is 5.32 Å². The molecule has 1 aliphatic rings. The third kappa shape index (κ3) is 2.57. The van der Waals surface area contributed by atoms with Gasteiger partial charge in [0.05, 0.1) is 0 Å². The Morgan fingerprint density at radius 1 is 1.54 bits per heavy atom. The Balaban J connectivity index is 2.67. The van der Waals surface area contributed by atoms with Gasteiger partial charge in [0.1, 0.15) is 0 Å². The standard InChI is InChI=1S/C10H9NO2/c1-3-4-5-6-7-9-10(12)11-8(2)13-9/h7-8H,1-2H3,(H,11,12)/b9-7-. The van der Waals surface area contributed by atoms with Crippen molar-refractivity contribution >= 4 is 5.91 Å². The molecule has 1 unspecified atom stereocenters. The normalized spacial score (nSPS) is 22.2. The van der Waals surface area contributed by atoms with Crippen molar-refractivity contribution < 1.29 is 9.53 Å². The first-order chi connectivity index (χ1) is 6.24. The van der Waals surface area contributed by atoms with Gasteiger partial charge in [-0.05, 0) is 25.7 Å². The molecule has 0 radical (unpaired) electrons. The van der Waals surface area contributed by atoms with Crippen LogP contribution >= 0.6 is 0 Å². The Morgan fingerprint density at radius 2 is 2.31 bits per heavy atom. The number of carbonyl (C=O) groups is 1. The Bertz CT molecular complexity index is 360. The molecule has 1 rings (SSSR count). The largest absolute Gasteiger partial charge is 0.464 e. The molecule has 0 bridgehead atoms. The predicted molar refractivity (Wildman–Crippen MR) is 48.0 cm³/mol. The van der Waals surface area contributed by atoms with Crippen LogP contribution in [0.5, 0.6) is 0 Å². The van der Waals surface area contributed by atoms with E-state index in [1.165, 1.54) is 6.08 Å². The van der Waals surface area contributed by atoms with Gasteiger partial charge in [-0.25, -0.2) is 0 Å². The molecule has 3 nitrogen and oxygen atoms in total. The summed E-state index contributed by atoms with van der Waals surface area (Å²) in [4.78, 5) is 11.0. The predicted octanol–water partition coefficient (Wildman–Crippen LogP) is 0.389. The lowest BCUT2D eigenvalue weighted by Crippen LogP contribution is -2.22. The molecule has 0 saturated carbocycles. The van der Waals surface area contributed by atoms with Crippen LogP contribution in [0.4, 0.5) is 0 Å². The smallest absolute Gasteiger partial charge is 0.289 e. The van der Waals surface area contributed by atoms with E-state index >= 15 is 0 Å². The quantitative estimate of drug-likeness (QED) is 0.427. The molecule has 1 atom stereocenters. The average molecular weight is 175 g/mol. The molecular formula is C10H9NO2. The first-order valence-corrected chi connectivity index (χ1v) is 3.84. The van der Waals surface area contributed by atoms with Crippen molar-refractivity contribution in [3.8, 4) is 23.7 Å². The van der Waals surface area contributed by atoms with E-state index in [2.05, 4.69) is 29.0 Å². The lowest BCUT2D eigenvalue weighted by molar-refractivity contribution is -0.116. The number of rotatable bonds is 0.